The minimum Gasteiger partial charge on any atom is -0.444 e. The summed E-state index contributed by atoms with van der Waals surface area (Å²) in [4.78, 5) is 21.0. The summed E-state index contributed by atoms with van der Waals surface area (Å²) >= 11 is 0. The van der Waals surface area contributed by atoms with Crippen LogP contribution < -0.4 is 10.6 Å². The van der Waals surface area contributed by atoms with Crippen LogP contribution in [0.2, 0.25) is 0 Å². The van der Waals surface area contributed by atoms with Gasteiger partial charge in [0.15, 0.2) is 17.4 Å². The lowest BCUT2D eigenvalue weighted by molar-refractivity contribution is 0.0145. The Kier molecular flexibility index (Phi) is 10.6. The van der Waals surface area contributed by atoms with E-state index in [0.29, 0.717) is 19.6 Å². The molecule has 0 saturated carbocycles. The number of halogens is 1. The smallest absolute Gasteiger partial charge is 0.410 e. The van der Waals surface area contributed by atoms with E-state index in [0.717, 1.165) is 56.6 Å². The van der Waals surface area contributed by atoms with Gasteiger partial charge in [-0.05, 0) is 52.8 Å². The van der Waals surface area contributed by atoms with Crippen molar-refractivity contribution in [2.45, 2.75) is 46.3 Å². The van der Waals surface area contributed by atoms with Crippen LogP contribution in [0.15, 0.2) is 29.4 Å². The Balaban J connectivity index is 0.00000385. The van der Waals surface area contributed by atoms with Gasteiger partial charge in [0.25, 0.3) is 0 Å². The molecule has 0 unspecified atom stereocenters. The van der Waals surface area contributed by atoms with Crippen LogP contribution in [-0.4, -0.2) is 87.9 Å². The molecule has 2 aromatic heterocycles. The predicted molar refractivity (Wildman–Crippen MR) is 140 cm³/mol. The second-order valence-corrected chi connectivity index (χ2v) is 8.83. The van der Waals surface area contributed by atoms with Crippen LogP contribution in [0.25, 0.3) is 5.65 Å². The molecule has 0 atom stereocenters. The van der Waals surface area contributed by atoms with Crippen molar-refractivity contribution in [3.05, 3.63) is 30.2 Å². The van der Waals surface area contributed by atoms with Crippen LogP contribution in [0.1, 0.15) is 39.9 Å². The molecule has 1 aliphatic heterocycles. The maximum absolute atomic E-state index is 12.2. The Bertz CT molecular complexity index is 903. The molecule has 0 aliphatic carbocycles. The average Bonchev–Trinajstić information content (AvgIpc) is 3.17. The van der Waals surface area contributed by atoms with Crippen LogP contribution in [0.5, 0.6) is 0 Å². The summed E-state index contributed by atoms with van der Waals surface area (Å²) < 4.78 is 7.41. The molecular weight excluding hydrogens is 535 g/mol. The van der Waals surface area contributed by atoms with Crippen LogP contribution >= 0.6 is 24.0 Å². The first-order chi connectivity index (χ1) is 15.4. The van der Waals surface area contributed by atoms with Crippen molar-refractivity contribution < 1.29 is 9.53 Å². The van der Waals surface area contributed by atoms with E-state index < -0.39 is 5.60 Å². The molecule has 11 heteroatoms. The molecule has 1 amide bonds. The molecule has 0 spiro atoms. The first-order valence-corrected chi connectivity index (χ1v) is 11.4. The number of amides is 1. The van der Waals surface area contributed by atoms with E-state index in [-0.39, 0.29) is 30.1 Å². The van der Waals surface area contributed by atoms with E-state index in [9.17, 15) is 4.79 Å². The Morgan fingerprint density at radius 3 is 2.61 bits per heavy atom. The lowest BCUT2D eigenvalue weighted by Crippen LogP contribution is -2.50. The fourth-order valence-electron chi connectivity index (χ4n) is 3.48. The molecule has 3 heterocycles. The van der Waals surface area contributed by atoms with Crippen molar-refractivity contribution in [2.24, 2.45) is 4.99 Å². The summed E-state index contributed by atoms with van der Waals surface area (Å²) in [7, 11) is 0. The quantitative estimate of drug-likeness (QED) is 0.228. The van der Waals surface area contributed by atoms with Crippen molar-refractivity contribution >= 4 is 41.7 Å². The number of hydrogen-bond acceptors (Lipinski definition) is 6. The molecule has 3 rings (SSSR count). The minimum atomic E-state index is -0.452. The maximum atomic E-state index is 12.2. The highest BCUT2D eigenvalue weighted by atomic mass is 127. The molecule has 33 heavy (non-hydrogen) atoms. The van der Waals surface area contributed by atoms with Crippen molar-refractivity contribution in [3.8, 4) is 0 Å². The van der Waals surface area contributed by atoms with Gasteiger partial charge >= 0.3 is 6.09 Å². The van der Waals surface area contributed by atoms with Gasteiger partial charge in [-0.15, -0.1) is 34.2 Å². The third kappa shape index (κ3) is 8.61. The van der Waals surface area contributed by atoms with Gasteiger partial charge in [-0.3, -0.25) is 9.30 Å². The van der Waals surface area contributed by atoms with Gasteiger partial charge in [-0.2, -0.15) is 0 Å². The second kappa shape index (κ2) is 12.9. The van der Waals surface area contributed by atoms with E-state index >= 15 is 0 Å². The predicted octanol–water partition coefficient (Wildman–Crippen LogP) is 2.35. The summed E-state index contributed by atoms with van der Waals surface area (Å²) in [5.41, 5.74) is 0.370. The van der Waals surface area contributed by atoms with E-state index in [4.69, 9.17) is 4.74 Å². The lowest BCUT2D eigenvalue weighted by atomic mass is 10.2. The number of ether oxygens (including phenoxy) is 1. The first kappa shape index (κ1) is 27.1. The number of hydrogen-bond donors (Lipinski definition) is 2. The molecule has 0 aromatic carbocycles. The second-order valence-electron chi connectivity index (χ2n) is 8.83. The van der Waals surface area contributed by atoms with Gasteiger partial charge in [-0.1, -0.05) is 6.07 Å². The van der Waals surface area contributed by atoms with Gasteiger partial charge in [0.1, 0.15) is 12.1 Å². The Morgan fingerprint density at radius 2 is 1.91 bits per heavy atom. The zero-order valence-corrected chi connectivity index (χ0v) is 22.4. The number of aromatic nitrogens is 3. The zero-order chi connectivity index (χ0) is 23.0. The number of nitrogens with one attached hydrogen (secondary N) is 2. The summed E-state index contributed by atoms with van der Waals surface area (Å²) in [5, 5.41) is 15.1. The Labute approximate surface area is 213 Å². The largest absolute Gasteiger partial charge is 0.444 e. The van der Waals surface area contributed by atoms with Gasteiger partial charge in [0.2, 0.25) is 0 Å². The monoisotopic (exact) mass is 572 g/mol. The number of aliphatic imine (C=N–C) groups is 1. The van der Waals surface area contributed by atoms with E-state index in [1.807, 2.05) is 56.5 Å². The molecular formula is C22H37IN8O2. The number of nitrogens with zero attached hydrogens (tertiary/aromatic N) is 6. The molecule has 184 valence electrons. The highest BCUT2D eigenvalue weighted by Crippen LogP contribution is 2.12. The number of piperazine rings is 1. The van der Waals surface area contributed by atoms with Crippen molar-refractivity contribution in [1.29, 1.82) is 0 Å². The van der Waals surface area contributed by atoms with E-state index in [1.54, 1.807) is 4.90 Å². The molecule has 1 saturated heterocycles. The Morgan fingerprint density at radius 1 is 1.15 bits per heavy atom. The van der Waals surface area contributed by atoms with Crippen molar-refractivity contribution in [1.82, 2.24) is 35.0 Å². The molecule has 2 N–H and O–H groups in total. The van der Waals surface area contributed by atoms with Crippen LogP contribution in [0.3, 0.4) is 0 Å². The normalized spacial score (nSPS) is 15.3. The zero-order valence-electron chi connectivity index (χ0n) is 20.1. The third-order valence-corrected chi connectivity index (χ3v) is 5.07. The maximum Gasteiger partial charge on any atom is 0.410 e. The minimum absolute atomic E-state index is 0. The number of guanidine groups is 1. The van der Waals surface area contributed by atoms with E-state index in [2.05, 4.69) is 30.7 Å². The summed E-state index contributed by atoms with van der Waals surface area (Å²) in [6.45, 7) is 13.9. The van der Waals surface area contributed by atoms with Crippen LogP contribution in [0.4, 0.5) is 4.79 Å². The van der Waals surface area contributed by atoms with Crippen molar-refractivity contribution in [3.63, 3.8) is 0 Å². The van der Waals surface area contributed by atoms with Gasteiger partial charge in [0.05, 0.1) is 0 Å². The topological polar surface area (TPSA) is 99.4 Å². The number of pyridine rings is 1. The molecule has 0 radical (unpaired) electrons. The van der Waals surface area contributed by atoms with Gasteiger partial charge < -0.3 is 20.3 Å². The number of fused-ring (bicyclic) bond motifs is 1. The fraction of sp³-hybridized carbons (Fsp3) is 0.636. The SMILES string of the molecule is CCNC(=NCc1nnc2ccccn12)NCCCN1CCN(C(=O)OC(C)(C)C)CC1.I. The number of rotatable bonds is 7. The highest BCUT2D eigenvalue weighted by molar-refractivity contribution is 14.0. The van der Waals surface area contributed by atoms with Crippen molar-refractivity contribution in [2.75, 3.05) is 45.8 Å². The summed E-state index contributed by atoms with van der Waals surface area (Å²) in [6.07, 6.45) is 2.72. The summed E-state index contributed by atoms with van der Waals surface area (Å²) in [6, 6.07) is 5.83. The number of carbonyl (C=O) groups is 1. The molecule has 2 aromatic rings. The first-order valence-electron chi connectivity index (χ1n) is 11.4. The third-order valence-electron chi connectivity index (χ3n) is 5.07. The van der Waals surface area contributed by atoms with Crippen LogP contribution in [-0.2, 0) is 11.3 Å². The average molecular weight is 572 g/mol. The summed E-state index contributed by atoms with van der Waals surface area (Å²) in [5.74, 6) is 1.58. The molecule has 0 bridgehead atoms. The molecule has 1 aliphatic rings. The molecule has 10 nitrogen and oxygen atoms in total. The Hall–Kier alpha value is -2.15. The van der Waals surface area contributed by atoms with Gasteiger partial charge in [0, 0.05) is 45.5 Å². The van der Waals surface area contributed by atoms with E-state index in [1.165, 1.54) is 0 Å². The number of carbonyl (C=O) groups excluding carboxylic acids is 1. The van der Waals surface area contributed by atoms with Gasteiger partial charge in [-0.25, -0.2) is 9.79 Å². The lowest BCUT2D eigenvalue weighted by Gasteiger charge is -2.35. The standard InChI is InChI=1S/C22H36N8O2.HI/c1-5-23-20(25-17-19-27-26-18-9-6-7-12-30(18)19)24-10-8-11-28-13-15-29(16-14-28)21(31)32-22(2,3)4;/h6-7,9,12H,5,8,10-11,13-17H2,1-4H3,(H2,23,24,25);1H. The fourth-order valence-corrected chi connectivity index (χ4v) is 3.48. The molecule has 1 fully saturated rings. The highest BCUT2D eigenvalue weighted by Gasteiger charge is 2.25. The van der Waals surface area contributed by atoms with Crippen LogP contribution in [0, 0.1) is 0 Å².